The van der Waals surface area contributed by atoms with Crippen LogP contribution in [0.25, 0.3) is 0 Å². The summed E-state index contributed by atoms with van der Waals surface area (Å²) in [5.74, 6) is -0.0685. The van der Waals surface area contributed by atoms with E-state index in [9.17, 15) is 31.1 Å². The van der Waals surface area contributed by atoms with E-state index in [-0.39, 0.29) is 60.3 Å². The lowest BCUT2D eigenvalue weighted by Gasteiger charge is -2.34. The molecule has 3 aromatic rings. The van der Waals surface area contributed by atoms with Crippen molar-refractivity contribution < 1.29 is 40.6 Å². The summed E-state index contributed by atoms with van der Waals surface area (Å²) in [5, 5.41) is 6.74. The number of nitrogens with zero attached hydrogens (tertiary/aromatic N) is 4. The van der Waals surface area contributed by atoms with Crippen LogP contribution in [0.4, 0.5) is 43.7 Å². The maximum atomic E-state index is 13.7. The van der Waals surface area contributed by atoms with Crippen molar-refractivity contribution in [2.24, 2.45) is 5.92 Å². The Morgan fingerprint density at radius 1 is 1.02 bits per heavy atom. The molecule has 9 nitrogen and oxygen atoms in total. The van der Waals surface area contributed by atoms with Crippen molar-refractivity contribution in [2.45, 2.75) is 70.4 Å². The molecule has 2 aromatic heterocycles. The Bertz CT molecular complexity index is 1540. The van der Waals surface area contributed by atoms with Gasteiger partial charge in [-0.25, -0.2) is 15.0 Å². The summed E-state index contributed by atoms with van der Waals surface area (Å²) in [6, 6.07) is 4.87. The summed E-state index contributed by atoms with van der Waals surface area (Å²) >= 11 is 0. The largest absolute Gasteiger partial charge is 0.481 e. The van der Waals surface area contributed by atoms with Gasteiger partial charge in [0, 0.05) is 31.6 Å². The molecule has 2 N–H and O–H groups in total. The molecule has 2 aliphatic heterocycles. The van der Waals surface area contributed by atoms with Crippen molar-refractivity contribution in [2.75, 3.05) is 42.3 Å². The van der Waals surface area contributed by atoms with E-state index in [2.05, 4.69) is 25.6 Å². The van der Waals surface area contributed by atoms with Gasteiger partial charge in [-0.15, -0.1) is 0 Å². The number of benzene rings is 1. The second kappa shape index (κ2) is 13.8. The summed E-state index contributed by atoms with van der Waals surface area (Å²) in [7, 11) is 1.50. The smallest absolute Gasteiger partial charge is 0.416 e. The SMILES string of the molecule is CCOC(=O)C1CCN(c2cnc(NC3C[C@H](CC)Nc4ccc(OC)nc43)nc2Cc2cc(C(F)(F)F)cc(C(F)(F)F)c2)CC1. The third-order valence-electron chi connectivity index (χ3n) is 8.43. The number of hydrogen-bond acceptors (Lipinski definition) is 9. The number of esters is 1. The van der Waals surface area contributed by atoms with Gasteiger partial charge >= 0.3 is 18.3 Å². The molecule has 2 atom stereocenters. The number of halogens is 6. The lowest BCUT2D eigenvalue weighted by Crippen LogP contribution is -2.37. The first kappa shape index (κ1) is 34.0. The highest BCUT2D eigenvalue weighted by molar-refractivity contribution is 5.73. The molecule has 4 heterocycles. The number of nitrogens with one attached hydrogen (secondary N) is 2. The van der Waals surface area contributed by atoms with Gasteiger partial charge < -0.3 is 25.0 Å². The van der Waals surface area contributed by atoms with Crippen LogP contribution in [0.2, 0.25) is 0 Å². The van der Waals surface area contributed by atoms with Crippen molar-refractivity contribution in [3.05, 3.63) is 64.6 Å². The average molecular weight is 667 g/mol. The summed E-state index contributed by atoms with van der Waals surface area (Å²) < 4.78 is 92.6. The van der Waals surface area contributed by atoms with E-state index >= 15 is 0 Å². The van der Waals surface area contributed by atoms with Gasteiger partial charge in [-0.05, 0) is 62.4 Å². The average Bonchev–Trinajstić information content (AvgIpc) is 3.04. The van der Waals surface area contributed by atoms with E-state index in [1.807, 2.05) is 17.9 Å². The Kier molecular flexibility index (Phi) is 10.0. The van der Waals surface area contributed by atoms with Gasteiger partial charge in [-0.3, -0.25) is 4.79 Å². The fourth-order valence-corrected chi connectivity index (χ4v) is 5.99. The third-order valence-corrected chi connectivity index (χ3v) is 8.43. The molecule has 0 saturated carbocycles. The number of pyridine rings is 1. The van der Waals surface area contributed by atoms with Crippen LogP contribution >= 0.6 is 0 Å². The fourth-order valence-electron chi connectivity index (χ4n) is 5.99. The number of alkyl halides is 6. The molecule has 0 radical (unpaired) electrons. The van der Waals surface area contributed by atoms with E-state index in [1.165, 1.54) is 13.3 Å². The molecule has 254 valence electrons. The zero-order valence-electron chi connectivity index (χ0n) is 26.1. The minimum atomic E-state index is -4.99. The highest BCUT2D eigenvalue weighted by Crippen LogP contribution is 2.39. The predicted molar refractivity (Wildman–Crippen MR) is 162 cm³/mol. The molecule has 0 bridgehead atoms. The topological polar surface area (TPSA) is 102 Å². The summed E-state index contributed by atoms with van der Waals surface area (Å²) in [5.41, 5.74) is -0.843. The summed E-state index contributed by atoms with van der Waals surface area (Å²) in [6.45, 7) is 4.81. The highest BCUT2D eigenvalue weighted by Gasteiger charge is 2.37. The maximum Gasteiger partial charge on any atom is 0.416 e. The zero-order valence-corrected chi connectivity index (χ0v) is 26.1. The normalized spacial score (nSPS) is 18.7. The first-order chi connectivity index (χ1) is 22.3. The first-order valence-corrected chi connectivity index (χ1v) is 15.4. The van der Waals surface area contributed by atoms with Gasteiger partial charge in [0.05, 0.1) is 65.8 Å². The van der Waals surface area contributed by atoms with Gasteiger partial charge in [0.25, 0.3) is 0 Å². The Labute approximate surface area is 268 Å². The summed E-state index contributed by atoms with van der Waals surface area (Å²) in [6.07, 6.45) is -6.45. The van der Waals surface area contributed by atoms with Crippen molar-refractivity contribution in [3.8, 4) is 5.88 Å². The highest BCUT2D eigenvalue weighted by atomic mass is 19.4. The number of aromatic nitrogens is 3. The second-order valence-electron chi connectivity index (χ2n) is 11.6. The van der Waals surface area contributed by atoms with E-state index < -0.39 is 23.5 Å². The number of methoxy groups -OCH3 is 1. The predicted octanol–water partition coefficient (Wildman–Crippen LogP) is 7.04. The first-order valence-electron chi connectivity index (χ1n) is 15.4. The Morgan fingerprint density at radius 3 is 2.30 bits per heavy atom. The van der Waals surface area contributed by atoms with Crippen molar-refractivity contribution >= 4 is 23.3 Å². The molecule has 1 aromatic carbocycles. The molecular formula is C32H36F6N6O3. The lowest BCUT2D eigenvalue weighted by molar-refractivity contribution is -0.148. The monoisotopic (exact) mass is 666 g/mol. The molecule has 0 spiro atoms. The Morgan fingerprint density at radius 2 is 1.70 bits per heavy atom. The van der Waals surface area contributed by atoms with Crippen LogP contribution in [0.1, 0.15) is 73.7 Å². The molecule has 1 unspecified atom stereocenters. The molecular weight excluding hydrogens is 630 g/mol. The van der Waals surface area contributed by atoms with Crippen molar-refractivity contribution in [1.29, 1.82) is 0 Å². The quantitative estimate of drug-likeness (QED) is 0.184. The lowest BCUT2D eigenvalue weighted by atomic mass is 9.95. The maximum absolute atomic E-state index is 13.7. The standard InChI is InChI=1S/C32H36F6N6O3/c1-4-22-16-25(28-23(40-22)6-7-27(43-28)46-3)42-30-39-17-26(44-10-8-19(9-11-44)29(45)47-5-2)24(41-30)14-18-12-20(31(33,34)35)15-21(13-18)32(36,37)38/h6-7,12-13,15,17,19,22,25,40H,4-5,8-11,14,16H2,1-3H3,(H,39,41,42)/t22-,25?/m0/s1. The number of ether oxygens (including phenoxy) is 2. The van der Waals surface area contributed by atoms with Crippen LogP contribution in [0.15, 0.2) is 36.5 Å². The van der Waals surface area contributed by atoms with Gasteiger partial charge in [0.2, 0.25) is 11.8 Å². The van der Waals surface area contributed by atoms with Gasteiger partial charge in [-0.1, -0.05) is 6.92 Å². The minimum absolute atomic E-state index is 0.0977. The molecule has 5 rings (SSSR count). The summed E-state index contributed by atoms with van der Waals surface area (Å²) in [4.78, 5) is 28.0. The number of rotatable bonds is 9. The van der Waals surface area contributed by atoms with Crippen LogP contribution < -0.4 is 20.3 Å². The minimum Gasteiger partial charge on any atom is -0.481 e. The molecule has 47 heavy (non-hydrogen) atoms. The Balaban J connectivity index is 1.51. The number of fused-ring (bicyclic) bond motifs is 1. The van der Waals surface area contributed by atoms with Crippen molar-refractivity contribution in [3.63, 3.8) is 0 Å². The van der Waals surface area contributed by atoms with Gasteiger partial charge in [0.1, 0.15) is 0 Å². The number of hydrogen-bond donors (Lipinski definition) is 2. The fraction of sp³-hybridized carbons (Fsp3) is 0.500. The number of piperidine rings is 1. The zero-order chi connectivity index (χ0) is 33.9. The third kappa shape index (κ3) is 7.99. The van der Waals surface area contributed by atoms with Crippen LogP contribution in [0.5, 0.6) is 5.88 Å². The van der Waals surface area contributed by atoms with Crippen LogP contribution in [0.3, 0.4) is 0 Å². The molecule has 1 fully saturated rings. The number of carbonyl (C=O) groups is 1. The van der Waals surface area contributed by atoms with Gasteiger partial charge in [-0.2, -0.15) is 26.3 Å². The van der Waals surface area contributed by atoms with Crippen LogP contribution in [-0.2, 0) is 28.3 Å². The van der Waals surface area contributed by atoms with Crippen LogP contribution in [-0.4, -0.2) is 53.8 Å². The Hall–Kier alpha value is -4.30. The molecule has 0 aliphatic carbocycles. The van der Waals surface area contributed by atoms with Crippen molar-refractivity contribution in [1.82, 2.24) is 15.0 Å². The molecule has 0 amide bonds. The molecule has 2 aliphatic rings. The van der Waals surface area contributed by atoms with E-state index in [4.69, 9.17) is 9.47 Å². The molecule has 1 saturated heterocycles. The molecule has 15 heteroatoms. The van der Waals surface area contributed by atoms with Crippen LogP contribution in [0, 0.1) is 5.92 Å². The second-order valence-corrected chi connectivity index (χ2v) is 11.6. The van der Waals surface area contributed by atoms with E-state index in [0.717, 1.165) is 12.1 Å². The number of anilines is 3. The van der Waals surface area contributed by atoms with E-state index in [0.29, 0.717) is 61.7 Å². The van der Waals surface area contributed by atoms with Gasteiger partial charge in [0.15, 0.2) is 0 Å². The van der Waals surface area contributed by atoms with E-state index in [1.54, 1.807) is 13.0 Å². The number of carbonyl (C=O) groups excluding carboxylic acids is 1.